The second-order valence-electron chi connectivity index (χ2n) is 17.8. The Balaban J connectivity index is 0.000000232. The maximum atomic E-state index is 10.8. The van der Waals surface area contributed by atoms with Gasteiger partial charge in [0, 0.05) is 146 Å². The molecule has 0 saturated carbocycles. The van der Waals surface area contributed by atoms with Crippen molar-refractivity contribution in [1.82, 2.24) is 0 Å². The van der Waals surface area contributed by atoms with E-state index in [9.17, 15) is 62.5 Å². The molecule has 93 heavy (non-hydrogen) atoms. The van der Waals surface area contributed by atoms with Gasteiger partial charge in [-0.2, -0.15) is 56.8 Å². The van der Waals surface area contributed by atoms with Crippen molar-refractivity contribution in [2.75, 3.05) is 0 Å². The smallest absolute Gasteiger partial charge is 0.619 e. The summed E-state index contributed by atoms with van der Waals surface area (Å²) in [7, 11) is 0. The Morgan fingerprint density at radius 2 is 0.204 bits per heavy atom. The predicted octanol–water partition coefficient (Wildman–Crippen LogP) is 3.24. The molecule has 0 aromatic carbocycles. The van der Waals surface area contributed by atoms with E-state index in [1.165, 1.54) is 149 Å². The SMILES string of the molecule is O=[N+]([O-])[O-].O=[N+]([O-])[O-].[Co+2].[O-][n+]1ccc(-c2cc[n+]([O-])cc2)cc1.[O-][n+]1ccc(-c2cc[n+]([O-])cc2)cc1.[O-][n+]1ccc(-c2cc[n+]([O-])cc2)cc1.[O-][n+]1ccc(-c2cc[n+]([O-])cc2)cc1.[O-][n+]1ccc(-c2cc[n+]([O-])cc2)cc1.[O-][n+]1ccc(-c2cc[n+]([O-])cc2)cc1. The van der Waals surface area contributed by atoms with E-state index < -0.39 is 10.2 Å². The van der Waals surface area contributed by atoms with E-state index in [0.717, 1.165) is 124 Å². The van der Waals surface area contributed by atoms with Crippen LogP contribution in [0.3, 0.4) is 0 Å². The zero-order valence-electron chi connectivity index (χ0n) is 47.7. The van der Waals surface area contributed by atoms with Crippen LogP contribution in [0, 0.1) is 93.1 Å². The quantitative estimate of drug-likeness (QED) is 0.0997. The van der Waals surface area contributed by atoms with Gasteiger partial charge >= 0.3 is 16.8 Å². The van der Waals surface area contributed by atoms with Crippen LogP contribution in [0.2, 0.25) is 0 Å². The van der Waals surface area contributed by atoms with Crippen LogP contribution < -0.4 is 56.8 Å². The van der Waals surface area contributed by atoms with E-state index in [4.69, 9.17) is 30.6 Å². The van der Waals surface area contributed by atoms with Gasteiger partial charge < -0.3 is 93.1 Å². The molecule has 0 aliphatic carbocycles. The molecule has 12 heterocycles. The van der Waals surface area contributed by atoms with Gasteiger partial charge in [-0.25, -0.2) is 0 Å². The van der Waals surface area contributed by atoms with Crippen LogP contribution in [-0.4, -0.2) is 10.2 Å². The molecular weight excluding hydrogens is 1260 g/mol. The van der Waals surface area contributed by atoms with Crippen LogP contribution in [0.15, 0.2) is 294 Å². The average Bonchev–Trinajstić information content (AvgIpc) is 2.29. The summed E-state index contributed by atoms with van der Waals surface area (Å²) in [6, 6.07) is 40.9. The van der Waals surface area contributed by atoms with Crippen molar-refractivity contribution in [2.24, 2.45) is 0 Å². The standard InChI is InChI=1S/6C10H8N2O2.Co.2NO3/c6*13-11-5-1-9(2-6-11)10-3-7-12(14)8-4-10;;2*2-1(3)4/h6*1-8H;;;/q;;;;;;+2;2*-1. The summed E-state index contributed by atoms with van der Waals surface area (Å²) in [6.07, 6.45) is 34.2. The van der Waals surface area contributed by atoms with Gasteiger partial charge in [0.15, 0.2) is 149 Å². The van der Waals surface area contributed by atoms with Gasteiger partial charge in [0.25, 0.3) is 0 Å². The summed E-state index contributed by atoms with van der Waals surface area (Å²) in [5.41, 5.74) is 11.0. The minimum absolute atomic E-state index is 0. The maximum Gasteiger partial charge on any atom is 2.00 e. The topological polar surface area (TPSA) is 456 Å². The molecule has 0 bridgehead atoms. The number of rotatable bonds is 6. The summed E-state index contributed by atoms with van der Waals surface area (Å²) in [6.45, 7) is 0. The second-order valence-corrected chi connectivity index (χ2v) is 17.8. The van der Waals surface area contributed by atoms with Crippen LogP contribution in [-0.2, 0) is 16.8 Å². The van der Waals surface area contributed by atoms with Gasteiger partial charge in [-0.3, -0.25) is 0 Å². The van der Waals surface area contributed by atoms with Crippen molar-refractivity contribution in [3.63, 3.8) is 0 Å². The first-order valence-electron chi connectivity index (χ1n) is 25.9. The molecule has 12 aromatic rings. The summed E-state index contributed by atoms with van der Waals surface area (Å²) in [4.78, 5) is 16.5. The first-order valence-corrected chi connectivity index (χ1v) is 25.9. The van der Waals surface area contributed by atoms with E-state index >= 15 is 0 Å². The van der Waals surface area contributed by atoms with E-state index in [2.05, 4.69) is 0 Å². The molecule has 0 aliphatic rings. The predicted molar refractivity (Wildman–Crippen MR) is 320 cm³/mol. The van der Waals surface area contributed by atoms with Gasteiger partial charge in [-0.15, -0.1) is 0 Å². The molecule has 0 fully saturated rings. The Labute approximate surface area is 535 Å². The molecular formula is C60H48CoN14O18. The van der Waals surface area contributed by atoms with Crippen LogP contribution in [0.4, 0.5) is 0 Å². The number of aromatic nitrogens is 12. The summed E-state index contributed by atoms with van der Waals surface area (Å²) >= 11 is 0. The van der Waals surface area contributed by atoms with Gasteiger partial charge in [0.05, 0.1) is 10.2 Å². The Hall–Kier alpha value is -13.7. The fraction of sp³-hybridized carbons (Fsp3) is 0. The molecule has 0 unspecified atom stereocenters. The van der Waals surface area contributed by atoms with Gasteiger partial charge in [-0.1, -0.05) is 0 Å². The van der Waals surface area contributed by atoms with Gasteiger partial charge in [0.1, 0.15) is 0 Å². The van der Waals surface area contributed by atoms with Crippen LogP contribution in [0.5, 0.6) is 0 Å². The van der Waals surface area contributed by atoms with Gasteiger partial charge in [-0.05, 0) is 66.8 Å². The molecule has 0 aliphatic heterocycles. The Morgan fingerprint density at radius 3 is 0.247 bits per heavy atom. The largest absolute Gasteiger partial charge is 2.00 e. The van der Waals surface area contributed by atoms with E-state index in [-0.39, 0.29) is 16.8 Å². The molecule has 0 spiro atoms. The van der Waals surface area contributed by atoms with Crippen molar-refractivity contribution in [3.8, 4) is 66.8 Å². The Morgan fingerprint density at radius 1 is 0.161 bits per heavy atom. The van der Waals surface area contributed by atoms with Crippen molar-refractivity contribution in [3.05, 3.63) is 387 Å². The molecule has 32 nitrogen and oxygen atoms in total. The molecule has 0 saturated heterocycles. The monoisotopic (exact) mass is 1310 g/mol. The number of hydrogen-bond donors (Lipinski definition) is 0. The van der Waals surface area contributed by atoms with Crippen molar-refractivity contribution >= 4 is 0 Å². The Kier molecular flexibility index (Phi) is 28.6. The van der Waals surface area contributed by atoms with Crippen LogP contribution in [0.25, 0.3) is 66.8 Å². The molecule has 12 aromatic heterocycles. The Bertz CT molecular complexity index is 3180. The second kappa shape index (κ2) is 37.1. The third-order valence-electron chi connectivity index (χ3n) is 11.6. The summed E-state index contributed by atoms with van der Waals surface area (Å²) in [5.74, 6) is 0. The zero-order valence-corrected chi connectivity index (χ0v) is 48.7. The zero-order chi connectivity index (χ0) is 67.0. The van der Waals surface area contributed by atoms with E-state index in [1.807, 2.05) is 0 Å². The molecule has 0 amide bonds. The van der Waals surface area contributed by atoms with E-state index in [1.54, 1.807) is 146 Å². The number of nitrogens with zero attached hydrogens (tertiary/aromatic N) is 14. The fourth-order valence-corrected chi connectivity index (χ4v) is 7.26. The average molecular weight is 1310 g/mol. The molecule has 0 atom stereocenters. The van der Waals surface area contributed by atoms with Crippen LogP contribution >= 0.6 is 0 Å². The van der Waals surface area contributed by atoms with Crippen molar-refractivity contribution in [2.45, 2.75) is 0 Å². The third kappa shape index (κ3) is 26.9. The van der Waals surface area contributed by atoms with E-state index in [0.29, 0.717) is 0 Å². The molecule has 33 heteroatoms. The number of hydrogen-bond acceptors (Lipinski definition) is 18. The molecule has 475 valence electrons. The first-order chi connectivity index (χ1) is 44.0. The van der Waals surface area contributed by atoms with Crippen LogP contribution in [0.1, 0.15) is 0 Å². The maximum absolute atomic E-state index is 10.8. The first kappa shape index (κ1) is 71.8. The summed E-state index contributed by atoms with van der Waals surface area (Å²) in [5, 5.41) is 159. The fourth-order valence-electron chi connectivity index (χ4n) is 7.26. The minimum atomic E-state index is -1.75. The number of pyridine rings is 12. The van der Waals surface area contributed by atoms with Gasteiger partial charge in [0.2, 0.25) is 0 Å². The van der Waals surface area contributed by atoms with Crippen molar-refractivity contribution in [1.29, 1.82) is 0 Å². The summed E-state index contributed by atoms with van der Waals surface area (Å²) < 4.78 is 8.67. The van der Waals surface area contributed by atoms with Crippen molar-refractivity contribution < 1.29 is 83.7 Å². The molecule has 0 N–H and O–H groups in total. The minimum Gasteiger partial charge on any atom is -0.619 e. The molecule has 1 radical (unpaired) electrons. The molecule has 12 rings (SSSR count). The third-order valence-corrected chi connectivity index (χ3v) is 11.6. The normalized spacial score (nSPS) is 9.55.